The van der Waals surface area contributed by atoms with Crippen LogP contribution in [0.2, 0.25) is 0 Å². The molecular formula is C18H30N4O. The molecule has 1 aromatic rings. The molecule has 1 fully saturated rings. The highest BCUT2D eigenvalue weighted by Crippen LogP contribution is 2.23. The van der Waals surface area contributed by atoms with E-state index in [2.05, 4.69) is 29.8 Å². The molecule has 0 atom stereocenters. The number of piperidine rings is 1. The molecule has 1 aromatic heterocycles. The summed E-state index contributed by atoms with van der Waals surface area (Å²) >= 11 is 0. The Hall–Kier alpha value is -1.65. The number of nitrogens with zero attached hydrogens (tertiary/aromatic N) is 4. The molecule has 2 rings (SSSR count). The summed E-state index contributed by atoms with van der Waals surface area (Å²) in [5, 5.41) is 0. The van der Waals surface area contributed by atoms with E-state index in [0.717, 1.165) is 43.3 Å². The van der Waals surface area contributed by atoms with Gasteiger partial charge in [-0.3, -0.25) is 4.79 Å². The number of aromatic nitrogens is 2. The molecule has 0 spiro atoms. The molecule has 1 saturated heterocycles. The minimum absolute atomic E-state index is 0.0659. The molecule has 128 valence electrons. The fraction of sp³-hybridized carbons (Fsp3) is 0.722. The maximum Gasteiger partial charge on any atom is 0.225 e. The van der Waals surface area contributed by atoms with Crippen LogP contribution in [0.3, 0.4) is 0 Å². The Kier molecular flexibility index (Phi) is 5.60. The third kappa shape index (κ3) is 4.21. The van der Waals surface area contributed by atoms with Gasteiger partial charge in [0.05, 0.1) is 0 Å². The molecule has 1 aliphatic heterocycles. The van der Waals surface area contributed by atoms with E-state index in [1.807, 2.05) is 32.7 Å². The van der Waals surface area contributed by atoms with E-state index in [-0.39, 0.29) is 11.8 Å². The summed E-state index contributed by atoms with van der Waals surface area (Å²) in [5.74, 6) is 2.58. The van der Waals surface area contributed by atoms with E-state index in [4.69, 9.17) is 4.98 Å². The van der Waals surface area contributed by atoms with Crippen molar-refractivity contribution in [3.8, 4) is 0 Å². The molecule has 5 nitrogen and oxygen atoms in total. The van der Waals surface area contributed by atoms with Crippen LogP contribution in [0.1, 0.15) is 58.0 Å². The molecule has 0 N–H and O–H groups in total. The maximum absolute atomic E-state index is 12.1. The van der Waals surface area contributed by atoms with Crippen molar-refractivity contribution < 1.29 is 4.79 Å². The van der Waals surface area contributed by atoms with Gasteiger partial charge >= 0.3 is 0 Å². The normalized spacial score (nSPS) is 16.3. The lowest BCUT2D eigenvalue weighted by Gasteiger charge is -2.38. The number of carbonyl (C=O) groups excluding carboxylic acids is 1. The minimum Gasteiger partial charge on any atom is -0.356 e. The lowest BCUT2D eigenvalue weighted by Crippen LogP contribution is -2.47. The van der Waals surface area contributed by atoms with Crippen LogP contribution in [-0.2, 0) is 4.79 Å². The van der Waals surface area contributed by atoms with Crippen molar-refractivity contribution in [3.63, 3.8) is 0 Å². The zero-order valence-electron chi connectivity index (χ0n) is 15.3. The largest absolute Gasteiger partial charge is 0.356 e. The zero-order chi connectivity index (χ0) is 17.1. The Bertz CT molecular complexity index is 548. The van der Waals surface area contributed by atoms with Crippen molar-refractivity contribution in [2.45, 2.75) is 59.4 Å². The van der Waals surface area contributed by atoms with Crippen molar-refractivity contribution >= 4 is 11.7 Å². The smallest absolute Gasteiger partial charge is 0.225 e. The predicted octanol–water partition coefficient (Wildman–Crippen LogP) is 2.99. The number of anilines is 1. The van der Waals surface area contributed by atoms with Gasteiger partial charge in [0.1, 0.15) is 11.6 Å². The second-order valence-electron chi connectivity index (χ2n) is 7.20. The quantitative estimate of drug-likeness (QED) is 0.856. The molecule has 2 heterocycles. The summed E-state index contributed by atoms with van der Waals surface area (Å²) in [6.07, 6.45) is 1.99. The number of aryl methyl sites for hydroxylation is 1. The van der Waals surface area contributed by atoms with E-state index >= 15 is 0 Å². The average molecular weight is 318 g/mol. The summed E-state index contributed by atoms with van der Waals surface area (Å²) in [6.45, 7) is 12.1. The second-order valence-corrected chi connectivity index (χ2v) is 7.20. The van der Waals surface area contributed by atoms with Gasteiger partial charge in [-0.2, -0.15) is 0 Å². The second kappa shape index (κ2) is 7.28. The molecule has 0 saturated carbocycles. The Morgan fingerprint density at radius 3 is 2.35 bits per heavy atom. The Morgan fingerprint density at radius 1 is 1.22 bits per heavy atom. The Labute approximate surface area is 140 Å². The van der Waals surface area contributed by atoms with Crippen molar-refractivity contribution in [3.05, 3.63) is 17.6 Å². The highest BCUT2D eigenvalue weighted by atomic mass is 16.2. The van der Waals surface area contributed by atoms with Crippen LogP contribution < -0.4 is 4.90 Å². The highest BCUT2D eigenvalue weighted by Gasteiger charge is 2.27. The standard InChI is InChI=1S/C18H30N4O/c1-12(2)17-19-14(5)11-16(20-17)22-9-7-15(8-10-22)21(6)18(23)13(3)4/h11-13,15H,7-10H2,1-6H3. The van der Waals surface area contributed by atoms with Gasteiger partial charge in [0, 0.05) is 49.8 Å². The number of amides is 1. The van der Waals surface area contributed by atoms with E-state index in [1.165, 1.54) is 0 Å². The van der Waals surface area contributed by atoms with Gasteiger partial charge in [-0.05, 0) is 19.8 Å². The van der Waals surface area contributed by atoms with Crippen molar-refractivity contribution in [2.75, 3.05) is 25.0 Å². The molecule has 1 aliphatic rings. The maximum atomic E-state index is 12.1. The molecule has 5 heteroatoms. The average Bonchev–Trinajstić information content (AvgIpc) is 2.52. The van der Waals surface area contributed by atoms with Gasteiger partial charge < -0.3 is 9.80 Å². The summed E-state index contributed by atoms with van der Waals surface area (Å²) in [7, 11) is 1.94. The monoisotopic (exact) mass is 318 g/mol. The molecule has 0 bridgehead atoms. The fourth-order valence-corrected chi connectivity index (χ4v) is 3.06. The molecule has 1 amide bonds. The molecule has 0 aromatic carbocycles. The summed E-state index contributed by atoms with van der Waals surface area (Å²) in [6, 6.07) is 2.41. The third-order valence-electron chi connectivity index (χ3n) is 4.55. The molecular weight excluding hydrogens is 288 g/mol. The Morgan fingerprint density at radius 2 is 1.83 bits per heavy atom. The van der Waals surface area contributed by atoms with E-state index in [0.29, 0.717) is 12.0 Å². The molecule has 0 aliphatic carbocycles. The number of hydrogen-bond donors (Lipinski definition) is 0. The van der Waals surface area contributed by atoms with Gasteiger partial charge in [-0.25, -0.2) is 9.97 Å². The lowest BCUT2D eigenvalue weighted by molar-refractivity contribution is -0.135. The summed E-state index contributed by atoms with van der Waals surface area (Å²) < 4.78 is 0. The van der Waals surface area contributed by atoms with Gasteiger partial charge in [-0.15, -0.1) is 0 Å². The summed E-state index contributed by atoms with van der Waals surface area (Å²) in [4.78, 5) is 25.7. The molecule has 0 radical (unpaired) electrons. The molecule has 23 heavy (non-hydrogen) atoms. The van der Waals surface area contributed by atoms with E-state index in [1.54, 1.807) is 0 Å². The van der Waals surface area contributed by atoms with Gasteiger partial charge in [0.25, 0.3) is 0 Å². The van der Waals surface area contributed by atoms with Crippen LogP contribution >= 0.6 is 0 Å². The van der Waals surface area contributed by atoms with Crippen LogP contribution in [0.15, 0.2) is 6.07 Å². The fourth-order valence-electron chi connectivity index (χ4n) is 3.06. The number of rotatable bonds is 4. The van der Waals surface area contributed by atoms with Crippen LogP contribution in [0.25, 0.3) is 0 Å². The Balaban J connectivity index is 2.03. The first-order chi connectivity index (χ1) is 10.8. The van der Waals surface area contributed by atoms with Crippen LogP contribution in [0.4, 0.5) is 5.82 Å². The predicted molar refractivity (Wildman–Crippen MR) is 93.7 cm³/mol. The first kappa shape index (κ1) is 17.7. The van der Waals surface area contributed by atoms with Crippen LogP contribution in [0.5, 0.6) is 0 Å². The van der Waals surface area contributed by atoms with E-state index < -0.39 is 0 Å². The van der Waals surface area contributed by atoms with Gasteiger partial charge in [-0.1, -0.05) is 27.7 Å². The van der Waals surface area contributed by atoms with Gasteiger partial charge in [0.2, 0.25) is 5.91 Å². The highest BCUT2D eigenvalue weighted by molar-refractivity contribution is 5.78. The van der Waals surface area contributed by atoms with E-state index in [9.17, 15) is 4.79 Å². The first-order valence-corrected chi connectivity index (χ1v) is 8.66. The third-order valence-corrected chi connectivity index (χ3v) is 4.55. The minimum atomic E-state index is 0.0659. The van der Waals surface area contributed by atoms with Crippen LogP contribution in [0, 0.1) is 12.8 Å². The number of carbonyl (C=O) groups is 1. The van der Waals surface area contributed by atoms with Crippen molar-refractivity contribution in [2.24, 2.45) is 5.92 Å². The van der Waals surface area contributed by atoms with Crippen molar-refractivity contribution in [1.29, 1.82) is 0 Å². The molecule has 0 unspecified atom stereocenters. The van der Waals surface area contributed by atoms with Crippen molar-refractivity contribution in [1.82, 2.24) is 14.9 Å². The topological polar surface area (TPSA) is 49.3 Å². The zero-order valence-corrected chi connectivity index (χ0v) is 15.3. The number of hydrogen-bond acceptors (Lipinski definition) is 4. The van der Waals surface area contributed by atoms with Crippen LogP contribution in [-0.4, -0.2) is 47.0 Å². The SMILES string of the molecule is Cc1cc(N2CCC(N(C)C(=O)C(C)C)CC2)nc(C(C)C)n1. The lowest BCUT2D eigenvalue weighted by atomic mass is 10.0. The van der Waals surface area contributed by atoms with Gasteiger partial charge in [0.15, 0.2) is 0 Å². The first-order valence-electron chi connectivity index (χ1n) is 8.66. The summed E-state index contributed by atoms with van der Waals surface area (Å²) in [5.41, 5.74) is 1.02.